The molecule has 1 aromatic rings. The van der Waals surface area contributed by atoms with Gasteiger partial charge < -0.3 is 15.9 Å². The summed E-state index contributed by atoms with van der Waals surface area (Å²) in [5.74, 6) is -1.04. The number of hydrogen-bond acceptors (Lipinski definition) is 3. The fourth-order valence-corrected chi connectivity index (χ4v) is 1.65. The lowest BCUT2D eigenvalue weighted by atomic mass is 9.97. The first kappa shape index (κ1) is 13.0. The van der Waals surface area contributed by atoms with E-state index in [-0.39, 0.29) is 6.42 Å². The summed E-state index contributed by atoms with van der Waals surface area (Å²) in [7, 11) is 0. The third-order valence-corrected chi connectivity index (χ3v) is 2.61. The van der Waals surface area contributed by atoms with Crippen LogP contribution in [0.25, 0.3) is 0 Å². The zero-order valence-corrected chi connectivity index (χ0v) is 9.61. The highest BCUT2D eigenvalue weighted by molar-refractivity contribution is 6.30. The Bertz CT molecular complexity index is 395. The third kappa shape index (κ3) is 3.20. The molecule has 0 aliphatic rings. The Hall–Kier alpha value is -1.10. The predicted molar refractivity (Wildman–Crippen MR) is 61.4 cm³/mol. The molecule has 88 valence electrons. The van der Waals surface area contributed by atoms with Gasteiger partial charge in [0.15, 0.2) is 0 Å². The summed E-state index contributed by atoms with van der Waals surface area (Å²) in [4.78, 5) is 10.5. The van der Waals surface area contributed by atoms with E-state index in [0.717, 1.165) is 5.56 Å². The molecule has 4 nitrogen and oxygen atoms in total. The quantitative estimate of drug-likeness (QED) is 0.748. The summed E-state index contributed by atoms with van der Waals surface area (Å²) in [5.41, 5.74) is 7.00. The highest BCUT2D eigenvalue weighted by Crippen LogP contribution is 2.24. The topological polar surface area (TPSA) is 83.5 Å². The van der Waals surface area contributed by atoms with Crippen molar-refractivity contribution in [3.8, 4) is 0 Å². The van der Waals surface area contributed by atoms with Crippen LogP contribution in [-0.4, -0.2) is 22.2 Å². The molecular formula is C11H14ClNO3. The zero-order chi connectivity index (χ0) is 12.3. The molecule has 0 bridgehead atoms. The standard InChI is InChI=1S/C11H14ClNO3/c1-6-2-3-7(12)4-8(6)11(16)9(13)5-10(14)15/h2-4,9,11,16H,5,13H2,1H3,(H,14,15). The van der Waals surface area contributed by atoms with Gasteiger partial charge in [-0.1, -0.05) is 17.7 Å². The average molecular weight is 244 g/mol. The summed E-state index contributed by atoms with van der Waals surface area (Å²) in [6.07, 6.45) is -1.30. The summed E-state index contributed by atoms with van der Waals surface area (Å²) in [6.45, 7) is 1.81. The van der Waals surface area contributed by atoms with Crippen molar-refractivity contribution in [3.05, 3.63) is 34.3 Å². The fourth-order valence-electron chi connectivity index (χ4n) is 1.47. The minimum atomic E-state index is -1.04. The zero-order valence-electron chi connectivity index (χ0n) is 8.85. The predicted octanol–water partition coefficient (Wildman–Crippen LogP) is 1.48. The Morgan fingerprint density at radius 3 is 2.75 bits per heavy atom. The lowest BCUT2D eigenvalue weighted by molar-refractivity contribution is -0.138. The third-order valence-electron chi connectivity index (χ3n) is 2.38. The largest absolute Gasteiger partial charge is 0.481 e. The van der Waals surface area contributed by atoms with Crippen LogP contribution in [0, 0.1) is 6.92 Å². The number of aryl methyl sites for hydroxylation is 1. The fraction of sp³-hybridized carbons (Fsp3) is 0.364. The Morgan fingerprint density at radius 2 is 2.19 bits per heavy atom. The van der Waals surface area contributed by atoms with Crippen molar-refractivity contribution >= 4 is 17.6 Å². The second-order valence-electron chi connectivity index (χ2n) is 3.71. The van der Waals surface area contributed by atoms with Gasteiger partial charge in [0.1, 0.15) is 0 Å². The van der Waals surface area contributed by atoms with Crippen molar-refractivity contribution in [2.45, 2.75) is 25.5 Å². The van der Waals surface area contributed by atoms with Crippen molar-refractivity contribution in [2.75, 3.05) is 0 Å². The molecule has 16 heavy (non-hydrogen) atoms. The number of benzene rings is 1. The SMILES string of the molecule is Cc1ccc(Cl)cc1C(O)C(N)CC(=O)O. The number of carboxylic acids is 1. The maximum Gasteiger partial charge on any atom is 0.305 e. The molecule has 2 atom stereocenters. The second kappa shape index (κ2) is 5.30. The van der Waals surface area contributed by atoms with Gasteiger partial charge in [-0.25, -0.2) is 0 Å². The van der Waals surface area contributed by atoms with Crippen LogP contribution in [0.15, 0.2) is 18.2 Å². The van der Waals surface area contributed by atoms with Crippen LogP contribution in [-0.2, 0) is 4.79 Å². The van der Waals surface area contributed by atoms with Crippen LogP contribution in [0.1, 0.15) is 23.7 Å². The molecule has 2 unspecified atom stereocenters. The van der Waals surface area contributed by atoms with Crippen LogP contribution >= 0.6 is 11.6 Å². The lowest BCUT2D eigenvalue weighted by Crippen LogP contribution is -2.31. The van der Waals surface area contributed by atoms with E-state index in [9.17, 15) is 9.90 Å². The Morgan fingerprint density at radius 1 is 1.56 bits per heavy atom. The van der Waals surface area contributed by atoms with Gasteiger partial charge in [0, 0.05) is 11.1 Å². The Labute approximate surface area is 98.6 Å². The number of aliphatic hydroxyl groups excluding tert-OH is 1. The molecule has 0 aliphatic heterocycles. The van der Waals surface area contributed by atoms with Gasteiger partial charge in [-0.2, -0.15) is 0 Å². The van der Waals surface area contributed by atoms with E-state index in [4.69, 9.17) is 22.4 Å². The van der Waals surface area contributed by atoms with Crippen molar-refractivity contribution in [1.29, 1.82) is 0 Å². The molecule has 0 fully saturated rings. The number of hydrogen-bond donors (Lipinski definition) is 3. The van der Waals surface area contributed by atoms with Crippen molar-refractivity contribution in [3.63, 3.8) is 0 Å². The number of carbonyl (C=O) groups is 1. The second-order valence-corrected chi connectivity index (χ2v) is 4.14. The van der Waals surface area contributed by atoms with Gasteiger partial charge in [-0.05, 0) is 30.2 Å². The van der Waals surface area contributed by atoms with E-state index < -0.39 is 18.1 Å². The minimum Gasteiger partial charge on any atom is -0.481 e. The molecule has 0 heterocycles. The summed E-state index contributed by atoms with van der Waals surface area (Å²) in [5, 5.41) is 19.0. The first-order valence-electron chi connectivity index (χ1n) is 4.83. The monoisotopic (exact) mass is 243 g/mol. The molecule has 0 aliphatic carbocycles. The van der Waals surface area contributed by atoms with E-state index in [0.29, 0.717) is 10.6 Å². The molecule has 5 heteroatoms. The Balaban J connectivity index is 2.90. The van der Waals surface area contributed by atoms with Crippen LogP contribution in [0.3, 0.4) is 0 Å². The molecule has 0 spiro atoms. The minimum absolute atomic E-state index is 0.285. The van der Waals surface area contributed by atoms with Crippen LogP contribution in [0.5, 0.6) is 0 Å². The van der Waals surface area contributed by atoms with Gasteiger partial charge in [-0.3, -0.25) is 4.79 Å². The molecule has 1 rings (SSSR count). The van der Waals surface area contributed by atoms with E-state index in [1.54, 1.807) is 18.2 Å². The van der Waals surface area contributed by atoms with Gasteiger partial charge in [-0.15, -0.1) is 0 Å². The molecule has 0 radical (unpaired) electrons. The van der Waals surface area contributed by atoms with Gasteiger partial charge >= 0.3 is 5.97 Å². The summed E-state index contributed by atoms with van der Waals surface area (Å²) >= 11 is 5.80. The summed E-state index contributed by atoms with van der Waals surface area (Å²) in [6, 6.07) is 4.22. The van der Waals surface area contributed by atoms with Gasteiger partial charge in [0.25, 0.3) is 0 Å². The number of nitrogens with two attached hydrogens (primary N) is 1. The highest BCUT2D eigenvalue weighted by Gasteiger charge is 2.21. The van der Waals surface area contributed by atoms with Gasteiger partial charge in [0.2, 0.25) is 0 Å². The van der Waals surface area contributed by atoms with E-state index >= 15 is 0 Å². The molecule has 1 aromatic carbocycles. The van der Waals surface area contributed by atoms with Crippen LogP contribution < -0.4 is 5.73 Å². The van der Waals surface area contributed by atoms with Crippen molar-refractivity contribution < 1.29 is 15.0 Å². The van der Waals surface area contributed by atoms with Gasteiger partial charge in [0.05, 0.1) is 12.5 Å². The smallest absolute Gasteiger partial charge is 0.305 e. The molecular weight excluding hydrogens is 230 g/mol. The maximum atomic E-state index is 10.5. The van der Waals surface area contributed by atoms with E-state index in [2.05, 4.69) is 0 Å². The summed E-state index contributed by atoms with van der Waals surface area (Å²) < 4.78 is 0. The molecule has 0 saturated heterocycles. The molecule has 0 saturated carbocycles. The van der Waals surface area contributed by atoms with Crippen LogP contribution in [0.2, 0.25) is 5.02 Å². The number of rotatable bonds is 4. The van der Waals surface area contributed by atoms with Crippen LogP contribution in [0.4, 0.5) is 0 Å². The average Bonchev–Trinajstić information content (AvgIpc) is 2.19. The lowest BCUT2D eigenvalue weighted by Gasteiger charge is -2.19. The molecule has 0 aromatic heterocycles. The number of carboxylic acid groups (broad SMARTS) is 1. The first-order chi connectivity index (χ1) is 7.41. The first-order valence-corrected chi connectivity index (χ1v) is 5.21. The van der Waals surface area contributed by atoms with Crippen molar-refractivity contribution in [1.82, 2.24) is 0 Å². The normalized spacial score (nSPS) is 14.5. The molecule has 0 amide bonds. The van der Waals surface area contributed by atoms with E-state index in [1.807, 2.05) is 6.92 Å². The van der Waals surface area contributed by atoms with E-state index in [1.165, 1.54) is 0 Å². The highest BCUT2D eigenvalue weighted by atomic mass is 35.5. The number of aliphatic carboxylic acids is 1. The molecule has 4 N–H and O–H groups in total. The number of halogens is 1. The Kier molecular flexibility index (Phi) is 4.29. The number of aliphatic hydroxyl groups is 1. The maximum absolute atomic E-state index is 10.5. The van der Waals surface area contributed by atoms with Crippen molar-refractivity contribution in [2.24, 2.45) is 5.73 Å².